The van der Waals surface area contributed by atoms with E-state index >= 15 is 0 Å². The molecule has 0 bridgehead atoms. The van der Waals surface area contributed by atoms with Gasteiger partial charge in [-0.15, -0.1) is 0 Å². The molecule has 2 aliphatic heterocycles. The summed E-state index contributed by atoms with van der Waals surface area (Å²) in [5, 5.41) is 3.64. The average molecular weight is 223 g/mol. The molecule has 0 unspecified atom stereocenters. The molecule has 78 valence electrons. The van der Waals surface area contributed by atoms with Crippen LogP contribution in [0.4, 0.5) is 11.4 Å². The Morgan fingerprint density at radius 2 is 2.33 bits per heavy atom. The number of benzene rings is 1. The third kappa shape index (κ3) is 1.30. The highest BCUT2D eigenvalue weighted by molar-refractivity contribution is 6.31. The molecule has 1 atom stereocenters. The number of halogens is 1. The second-order valence-electron chi connectivity index (χ2n) is 4.00. The molecule has 1 aromatic carbocycles. The number of carbonyl (C=O) groups excluding carboxylic acids is 1. The van der Waals surface area contributed by atoms with Gasteiger partial charge in [0.1, 0.15) is 6.04 Å². The van der Waals surface area contributed by atoms with Crippen molar-refractivity contribution in [2.45, 2.75) is 18.9 Å². The lowest BCUT2D eigenvalue weighted by molar-refractivity contribution is -0.117. The number of hydrogen-bond acceptors (Lipinski definition) is 2. The highest BCUT2D eigenvalue weighted by atomic mass is 35.5. The number of nitrogens with zero attached hydrogens (tertiary/aromatic N) is 1. The topological polar surface area (TPSA) is 32.3 Å². The molecule has 2 aliphatic rings. The van der Waals surface area contributed by atoms with Crippen molar-refractivity contribution in [2.75, 3.05) is 16.8 Å². The minimum absolute atomic E-state index is 0.0102. The lowest BCUT2D eigenvalue weighted by Gasteiger charge is -2.32. The minimum Gasteiger partial charge on any atom is -0.358 e. The van der Waals surface area contributed by atoms with Crippen LogP contribution in [0.15, 0.2) is 18.2 Å². The lowest BCUT2D eigenvalue weighted by Crippen LogP contribution is -2.43. The summed E-state index contributed by atoms with van der Waals surface area (Å²) >= 11 is 5.96. The monoisotopic (exact) mass is 222 g/mol. The number of anilines is 2. The molecule has 0 aromatic heterocycles. The summed E-state index contributed by atoms with van der Waals surface area (Å²) in [5.41, 5.74) is 1.94. The minimum atomic E-state index is 0.0102. The highest BCUT2D eigenvalue weighted by Gasteiger charge is 2.36. The van der Waals surface area contributed by atoms with E-state index < -0.39 is 0 Å². The molecule has 0 saturated carbocycles. The molecule has 1 fully saturated rings. The number of amides is 1. The summed E-state index contributed by atoms with van der Waals surface area (Å²) in [4.78, 5) is 13.9. The van der Waals surface area contributed by atoms with E-state index in [0.29, 0.717) is 0 Å². The van der Waals surface area contributed by atoms with Gasteiger partial charge in [-0.1, -0.05) is 11.6 Å². The molecule has 4 heteroatoms. The number of fused-ring (bicyclic) bond motifs is 3. The summed E-state index contributed by atoms with van der Waals surface area (Å²) in [6, 6.07) is 5.60. The molecule has 1 saturated heterocycles. The van der Waals surface area contributed by atoms with Crippen LogP contribution in [0.3, 0.4) is 0 Å². The van der Waals surface area contributed by atoms with Crippen molar-refractivity contribution < 1.29 is 4.79 Å². The van der Waals surface area contributed by atoms with Gasteiger partial charge in [0.2, 0.25) is 5.91 Å². The number of carbonyl (C=O) groups is 1. The van der Waals surface area contributed by atoms with Gasteiger partial charge in [-0.05, 0) is 31.0 Å². The Kier molecular flexibility index (Phi) is 1.89. The molecular formula is C11H11ClN2O. The van der Waals surface area contributed by atoms with Gasteiger partial charge in [0, 0.05) is 11.6 Å². The molecule has 2 heterocycles. The first-order chi connectivity index (χ1) is 7.25. The van der Waals surface area contributed by atoms with Crippen LogP contribution in [0.2, 0.25) is 5.02 Å². The van der Waals surface area contributed by atoms with Gasteiger partial charge in [-0.25, -0.2) is 0 Å². The number of rotatable bonds is 0. The first-order valence-electron chi connectivity index (χ1n) is 5.13. The van der Waals surface area contributed by atoms with Gasteiger partial charge in [0.05, 0.1) is 11.4 Å². The third-order valence-corrected chi connectivity index (χ3v) is 3.32. The molecule has 0 spiro atoms. The molecule has 1 amide bonds. The summed E-state index contributed by atoms with van der Waals surface area (Å²) < 4.78 is 0. The second-order valence-corrected chi connectivity index (χ2v) is 4.44. The Labute approximate surface area is 93.0 Å². The number of nitrogens with one attached hydrogen (secondary N) is 1. The molecule has 0 aliphatic carbocycles. The van der Waals surface area contributed by atoms with Crippen molar-refractivity contribution >= 4 is 28.9 Å². The van der Waals surface area contributed by atoms with Gasteiger partial charge < -0.3 is 10.2 Å². The fourth-order valence-corrected chi connectivity index (χ4v) is 2.56. The van der Waals surface area contributed by atoms with E-state index in [9.17, 15) is 4.79 Å². The van der Waals surface area contributed by atoms with Gasteiger partial charge in [0.25, 0.3) is 0 Å². The van der Waals surface area contributed by atoms with E-state index in [1.807, 2.05) is 12.1 Å². The molecule has 0 radical (unpaired) electrons. The second kappa shape index (κ2) is 3.14. The standard InChI is InChI=1S/C11H11ClN2O/c12-7-3-4-8-10(6-7)14-5-1-2-9(14)11(15)13-8/h3-4,6,9H,1-2,5H2,(H,13,15)/t9-/m0/s1. The Bertz CT molecular complexity index is 433. The van der Waals surface area contributed by atoms with Crippen LogP contribution in [-0.2, 0) is 4.79 Å². The van der Waals surface area contributed by atoms with E-state index in [4.69, 9.17) is 11.6 Å². The summed E-state index contributed by atoms with van der Waals surface area (Å²) in [6.07, 6.45) is 2.02. The van der Waals surface area contributed by atoms with E-state index in [2.05, 4.69) is 10.2 Å². The van der Waals surface area contributed by atoms with Gasteiger partial charge in [-0.2, -0.15) is 0 Å². The number of hydrogen-bond donors (Lipinski definition) is 1. The first kappa shape index (κ1) is 9.04. The van der Waals surface area contributed by atoms with Crippen LogP contribution in [-0.4, -0.2) is 18.5 Å². The maximum Gasteiger partial charge on any atom is 0.247 e. The van der Waals surface area contributed by atoms with Gasteiger partial charge in [-0.3, -0.25) is 4.79 Å². The molecule has 3 nitrogen and oxygen atoms in total. The zero-order chi connectivity index (χ0) is 10.4. The van der Waals surface area contributed by atoms with Crippen molar-refractivity contribution in [1.29, 1.82) is 0 Å². The van der Waals surface area contributed by atoms with Crippen LogP contribution in [0, 0.1) is 0 Å². The largest absolute Gasteiger partial charge is 0.358 e. The van der Waals surface area contributed by atoms with Crippen LogP contribution in [0.1, 0.15) is 12.8 Å². The predicted octanol–water partition coefficient (Wildman–Crippen LogP) is 2.26. The highest BCUT2D eigenvalue weighted by Crippen LogP contribution is 2.37. The van der Waals surface area contributed by atoms with E-state index in [1.54, 1.807) is 6.07 Å². The Hall–Kier alpha value is -1.22. The van der Waals surface area contributed by atoms with Crippen molar-refractivity contribution in [1.82, 2.24) is 0 Å². The van der Waals surface area contributed by atoms with Crippen molar-refractivity contribution in [3.8, 4) is 0 Å². The zero-order valence-corrected chi connectivity index (χ0v) is 8.92. The summed E-state index contributed by atoms with van der Waals surface area (Å²) in [7, 11) is 0. The van der Waals surface area contributed by atoms with Crippen LogP contribution < -0.4 is 10.2 Å². The van der Waals surface area contributed by atoms with Gasteiger partial charge >= 0.3 is 0 Å². The maximum atomic E-state index is 11.7. The molecule has 3 rings (SSSR count). The van der Waals surface area contributed by atoms with Crippen molar-refractivity contribution in [3.63, 3.8) is 0 Å². The van der Waals surface area contributed by atoms with Gasteiger partial charge in [0.15, 0.2) is 0 Å². The van der Waals surface area contributed by atoms with Crippen molar-refractivity contribution in [3.05, 3.63) is 23.2 Å². The zero-order valence-electron chi connectivity index (χ0n) is 8.16. The molecule has 15 heavy (non-hydrogen) atoms. The Morgan fingerprint density at radius 3 is 3.20 bits per heavy atom. The quantitative estimate of drug-likeness (QED) is 0.730. The lowest BCUT2D eigenvalue weighted by atomic mass is 10.1. The fraction of sp³-hybridized carbons (Fsp3) is 0.364. The van der Waals surface area contributed by atoms with E-state index in [1.165, 1.54) is 0 Å². The summed E-state index contributed by atoms with van der Waals surface area (Å²) in [5.74, 6) is 0.113. The van der Waals surface area contributed by atoms with E-state index in [0.717, 1.165) is 35.8 Å². The smallest absolute Gasteiger partial charge is 0.247 e. The Balaban J connectivity index is 2.12. The normalized spacial score (nSPS) is 23.4. The first-order valence-corrected chi connectivity index (χ1v) is 5.50. The molecule has 1 N–H and O–H groups in total. The predicted molar refractivity (Wildman–Crippen MR) is 60.4 cm³/mol. The van der Waals surface area contributed by atoms with Crippen LogP contribution in [0.5, 0.6) is 0 Å². The fourth-order valence-electron chi connectivity index (χ4n) is 2.39. The summed E-state index contributed by atoms with van der Waals surface area (Å²) in [6.45, 7) is 0.950. The molecular weight excluding hydrogens is 212 g/mol. The Morgan fingerprint density at radius 1 is 1.47 bits per heavy atom. The van der Waals surface area contributed by atoms with E-state index in [-0.39, 0.29) is 11.9 Å². The SMILES string of the molecule is O=C1Nc2ccc(Cl)cc2N2CCC[C@@H]12. The van der Waals surface area contributed by atoms with Crippen LogP contribution in [0.25, 0.3) is 0 Å². The molecule has 1 aromatic rings. The maximum absolute atomic E-state index is 11.7. The average Bonchev–Trinajstić information content (AvgIpc) is 2.69. The van der Waals surface area contributed by atoms with Crippen LogP contribution >= 0.6 is 11.6 Å². The third-order valence-electron chi connectivity index (χ3n) is 3.08. The van der Waals surface area contributed by atoms with Crippen molar-refractivity contribution in [2.24, 2.45) is 0 Å².